The van der Waals surface area contributed by atoms with Crippen molar-refractivity contribution in [3.8, 4) is 11.5 Å². The lowest BCUT2D eigenvalue weighted by Crippen LogP contribution is -2.17. The van der Waals surface area contributed by atoms with Crippen molar-refractivity contribution in [3.05, 3.63) is 52.3 Å². The van der Waals surface area contributed by atoms with Crippen LogP contribution in [0.15, 0.2) is 41.5 Å². The SMILES string of the molecule is CCOc1ccc(/C=N\NC(=O)c2ccc3[nH]c(=S)[nH]c3c2)cc1OC. The fourth-order valence-electron chi connectivity index (χ4n) is 2.44. The minimum Gasteiger partial charge on any atom is -0.493 e. The molecule has 1 aromatic heterocycles. The van der Waals surface area contributed by atoms with Crippen LogP contribution in [0.1, 0.15) is 22.8 Å². The van der Waals surface area contributed by atoms with Gasteiger partial charge in [0.2, 0.25) is 0 Å². The van der Waals surface area contributed by atoms with Gasteiger partial charge < -0.3 is 19.4 Å². The number of hydrogen-bond donors (Lipinski definition) is 3. The molecule has 0 aliphatic heterocycles. The van der Waals surface area contributed by atoms with Crippen LogP contribution in [0, 0.1) is 4.77 Å². The van der Waals surface area contributed by atoms with Crippen LogP contribution in [0.25, 0.3) is 11.0 Å². The van der Waals surface area contributed by atoms with Crippen molar-refractivity contribution in [2.45, 2.75) is 6.92 Å². The summed E-state index contributed by atoms with van der Waals surface area (Å²) in [7, 11) is 1.57. The molecular formula is C18H18N4O3S. The molecule has 3 aromatic rings. The molecule has 7 nitrogen and oxygen atoms in total. The number of carbonyl (C=O) groups is 1. The second-order valence-electron chi connectivity index (χ2n) is 5.38. The molecule has 8 heteroatoms. The first kappa shape index (κ1) is 17.7. The molecule has 134 valence electrons. The second-order valence-corrected chi connectivity index (χ2v) is 5.79. The molecule has 0 saturated carbocycles. The summed E-state index contributed by atoms with van der Waals surface area (Å²) in [4.78, 5) is 18.2. The molecule has 0 saturated heterocycles. The third-order valence-corrected chi connectivity index (χ3v) is 3.85. The Hall–Kier alpha value is -3.13. The highest BCUT2D eigenvalue weighted by Crippen LogP contribution is 2.27. The van der Waals surface area contributed by atoms with Crippen LogP contribution in [0.5, 0.6) is 11.5 Å². The first-order valence-corrected chi connectivity index (χ1v) is 8.38. The summed E-state index contributed by atoms with van der Waals surface area (Å²) in [6.45, 7) is 2.46. The highest BCUT2D eigenvalue weighted by atomic mass is 32.1. The lowest BCUT2D eigenvalue weighted by Gasteiger charge is -2.09. The summed E-state index contributed by atoms with van der Waals surface area (Å²) in [5, 5.41) is 3.99. The van der Waals surface area contributed by atoms with E-state index in [4.69, 9.17) is 21.7 Å². The monoisotopic (exact) mass is 370 g/mol. The minimum atomic E-state index is -0.318. The summed E-state index contributed by atoms with van der Waals surface area (Å²) < 4.78 is 11.3. The molecule has 0 aliphatic carbocycles. The molecule has 0 radical (unpaired) electrons. The van der Waals surface area contributed by atoms with Crippen LogP contribution in [-0.4, -0.2) is 35.8 Å². The summed E-state index contributed by atoms with van der Waals surface area (Å²) in [6.07, 6.45) is 1.54. The standard InChI is InChI=1S/C18H18N4O3S/c1-3-25-15-7-4-11(8-16(15)24-2)10-19-22-17(23)12-5-6-13-14(9-12)21-18(26)20-13/h4-10H,3H2,1-2H3,(H,22,23)(H2,20,21,26)/b19-10-. The van der Waals surface area contributed by atoms with Gasteiger partial charge in [0.15, 0.2) is 16.3 Å². The molecule has 0 fully saturated rings. The number of nitrogens with zero attached hydrogens (tertiary/aromatic N) is 1. The smallest absolute Gasteiger partial charge is 0.271 e. The lowest BCUT2D eigenvalue weighted by molar-refractivity contribution is 0.0955. The van der Waals surface area contributed by atoms with Crippen LogP contribution in [-0.2, 0) is 0 Å². The number of ether oxygens (including phenoxy) is 2. The molecule has 1 amide bonds. The number of H-pyrrole nitrogens is 2. The number of rotatable bonds is 6. The zero-order chi connectivity index (χ0) is 18.5. The molecule has 0 atom stereocenters. The predicted octanol–water partition coefficient (Wildman–Crippen LogP) is 3.40. The Labute approximate surface area is 155 Å². The number of imidazole rings is 1. The minimum absolute atomic E-state index is 0.318. The van der Waals surface area contributed by atoms with E-state index in [0.717, 1.165) is 16.6 Å². The van der Waals surface area contributed by atoms with E-state index in [1.165, 1.54) is 0 Å². The van der Waals surface area contributed by atoms with Gasteiger partial charge in [-0.2, -0.15) is 5.10 Å². The number of hydrogen-bond acceptors (Lipinski definition) is 5. The number of fused-ring (bicyclic) bond motifs is 1. The van der Waals surface area contributed by atoms with Gasteiger partial charge in [-0.3, -0.25) is 4.79 Å². The van der Waals surface area contributed by atoms with Crippen LogP contribution < -0.4 is 14.9 Å². The van der Waals surface area contributed by atoms with E-state index in [1.807, 2.05) is 13.0 Å². The van der Waals surface area contributed by atoms with Gasteiger partial charge in [-0.05, 0) is 61.1 Å². The zero-order valence-corrected chi connectivity index (χ0v) is 15.1. The molecule has 2 aromatic carbocycles. The summed E-state index contributed by atoms with van der Waals surface area (Å²) in [6, 6.07) is 10.6. The van der Waals surface area contributed by atoms with Crippen molar-refractivity contribution in [1.82, 2.24) is 15.4 Å². The Morgan fingerprint density at radius 1 is 1.19 bits per heavy atom. The molecule has 3 N–H and O–H groups in total. The van der Waals surface area contributed by atoms with E-state index < -0.39 is 0 Å². The number of nitrogens with one attached hydrogen (secondary N) is 3. The Bertz CT molecular complexity index is 1020. The Morgan fingerprint density at radius 3 is 2.77 bits per heavy atom. The number of benzene rings is 2. The number of hydrazone groups is 1. The van der Waals surface area contributed by atoms with Gasteiger partial charge >= 0.3 is 0 Å². The van der Waals surface area contributed by atoms with Gasteiger partial charge in [-0.15, -0.1) is 0 Å². The Morgan fingerprint density at radius 2 is 2.00 bits per heavy atom. The van der Waals surface area contributed by atoms with Crippen LogP contribution >= 0.6 is 12.2 Å². The highest BCUT2D eigenvalue weighted by Gasteiger charge is 2.07. The maximum Gasteiger partial charge on any atom is 0.271 e. The molecule has 0 aliphatic rings. The van der Waals surface area contributed by atoms with Gasteiger partial charge in [-0.1, -0.05) is 0 Å². The van der Waals surface area contributed by atoms with Crippen molar-refractivity contribution in [2.75, 3.05) is 13.7 Å². The maximum absolute atomic E-state index is 12.2. The Balaban J connectivity index is 1.70. The van der Waals surface area contributed by atoms with Crippen LogP contribution in [0.3, 0.4) is 0 Å². The van der Waals surface area contributed by atoms with Crippen molar-refractivity contribution in [3.63, 3.8) is 0 Å². The van der Waals surface area contributed by atoms with Gasteiger partial charge in [0.25, 0.3) is 5.91 Å². The average Bonchev–Trinajstić information content (AvgIpc) is 3.02. The van der Waals surface area contributed by atoms with Gasteiger partial charge in [0, 0.05) is 5.56 Å². The van der Waals surface area contributed by atoms with Crippen molar-refractivity contribution in [2.24, 2.45) is 5.10 Å². The zero-order valence-electron chi connectivity index (χ0n) is 14.3. The number of methoxy groups -OCH3 is 1. The first-order valence-electron chi connectivity index (χ1n) is 7.97. The first-order chi connectivity index (χ1) is 12.6. The van der Waals surface area contributed by atoms with E-state index in [9.17, 15) is 4.79 Å². The largest absolute Gasteiger partial charge is 0.493 e. The van der Waals surface area contributed by atoms with Crippen molar-refractivity contribution in [1.29, 1.82) is 0 Å². The summed E-state index contributed by atoms with van der Waals surface area (Å²) in [5.41, 5.74) is 5.37. The van der Waals surface area contributed by atoms with Gasteiger partial charge in [-0.25, -0.2) is 5.43 Å². The van der Waals surface area contributed by atoms with Crippen molar-refractivity contribution >= 4 is 35.4 Å². The fraction of sp³-hybridized carbons (Fsp3) is 0.167. The van der Waals surface area contributed by atoms with Crippen LogP contribution in [0.2, 0.25) is 0 Å². The van der Waals surface area contributed by atoms with E-state index in [-0.39, 0.29) is 5.91 Å². The molecule has 1 heterocycles. The third-order valence-electron chi connectivity index (χ3n) is 3.65. The second kappa shape index (κ2) is 7.83. The van der Waals surface area contributed by atoms with E-state index >= 15 is 0 Å². The third kappa shape index (κ3) is 3.92. The lowest BCUT2D eigenvalue weighted by atomic mass is 10.2. The normalized spacial score (nSPS) is 11.0. The van der Waals surface area contributed by atoms with E-state index in [0.29, 0.717) is 28.4 Å². The van der Waals surface area contributed by atoms with E-state index in [2.05, 4.69) is 20.5 Å². The number of aromatic amines is 2. The highest BCUT2D eigenvalue weighted by molar-refractivity contribution is 7.71. The molecule has 0 unspecified atom stereocenters. The van der Waals surface area contributed by atoms with Crippen LogP contribution in [0.4, 0.5) is 0 Å². The Kier molecular flexibility index (Phi) is 5.33. The predicted molar refractivity (Wildman–Crippen MR) is 103 cm³/mol. The summed E-state index contributed by atoms with van der Waals surface area (Å²) >= 11 is 5.04. The van der Waals surface area contributed by atoms with Crippen molar-refractivity contribution < 1.29 is 14.3 Å². The molecule has 26 heavy (non-hydrogen) atoms. The van der Waals surface area contributed by atoms with Gasteiger partial charge in [0.1, 0.15) is 0 Å². The number of amides is 1. The molecule has 0 bridgehead atoms. The number of aromatic nitrogens is 2. The fourth-order valence-corrected chi connectivity index (χ4v) is 2.66. The summed E-state index contributed by atoms with van der Waals surface area (Å²) in [5.74, 6) is 0.949. The molecule has 0 spiro atoms. The maximum atomic E-state index is 12.2. The quantitative estimate of drug-likeness (QED) is 0.352. The molecule has 3 rings (SSSR count). The molecular weight excluding hydrogens is 352 g/mol. The topological polar surface area (TPSA) is 91.5 Å². The van der Waals surface area contributed by atoms with Gasteiger partial charge in [0.05, 0.1) is 31.0 Å². The average molecular weight is 370 g/mol. The number of carbonyl (C=O) groups excluding carboxylic acids is 1. The van der Waals surface area contributed by atoms with E-state index in [1.54, 1.807) is 43.7 Å².